The lowest BCUT2D eigenvalue weighted by Gasteiger charge is -2.27. The van der Waals surface area contributed by atoms with Gasteiger partial charge in [0, 0.05) is 6.04 Å². The lowest BCUT2D eigenvalue weighted by Crippen LogP contribution is -2.42. The molecule has 1 aliphatic heterocycles. The quantitative estimate of drug-likeness (QED) is 0.728. The third-order valence-electron chi connectivity index (χ3n) is 3.34. The van der Waals surface area contributed by atoms with Gasteiger partial charge in [0.25, 0.3) is 0 Å². The number of aliphatic hydroxyl groups excluding tert-OH is 1. The van der Waals surface area contributed by atoms with Gasteiger partial charge >= 0.3 is 0 Å². The van der Waals surface area contributed by atoms with E-state index in [1.54, 1.807) is 0 Å². The zero-order chi connectivity index (χ0) is 10.4. The SMILES string of the molecule is CCCC(C)C(O)C1CCCCCN1. The summed E-state index contributed by atoms with van der Waals surface area (Å²) in [7, 11) is 0. The molecule has 1 fully saturated rings. The van der Waals surface area contributed by atoms with Crippen LogP contribution < -0.4 is 5.32 Å². The van der Waals surface area contributed by atoms with E-state index in [0.717, 1.165) is 19.4 Å². The summed E-state index contributed by atoms with van der Waals surface area (Å²) in [6.45, 7) is 5.44. The summed E-state index contributed by atoms with van der Waals surface area (Å²) in [5.41, 5.74) is 0. The van der Waals surface area contributed by atoms with Crippen LogP contribution in [0.15, 0.2) is 0 Å². The average Bonchev–Trinajstić information content (AvgIpc) is 2.45. The molecule has 1 rings (SSSR count). The van der Waals surface area contributed by atoms with Crippen molar-refractivity contribution in [3.05, 3.63) is 0 Å². The summed E-state index contributed by atoms with van der Waals surface area (Å²) in [4.78, 5) is 0. The first kappa shape index (κ1) is 12.0. The van der Waals surface area contributed by atoms with Crippen LogP contribution >= 0.6 is 0 Å². The predicted molar refractivity (Wildman–Crippen MR) is 60.3 cm³/mol. The fourth-order valence-corrected chi connectivity index (χ4v) is 2.37. The maximum Gasteiger partial charge on any atom is 0.0718 e. The van der Waals surface area contributed by atoms with E-state index in [1.807, 2.05) is 0 Å². The summed E-state index contributed by atoms with van der Waals surface area (Å²) < 4.78 is 0. The molecule has 0 bridgehead atoms. The summed E-state index contributed by atoms with van der Waals surface area (Å²) >= 11 is 0. The molecule has 0 aromatic heterocycles. The van der Waals surface area contributed by atoms with Crippen LogP contribution in [0.1, 0.15) is 52.4 Å². The molecule has 0 radical (unpaired) electrons. The largest absolute Gasteiger partial charge is 0.391 e. The van der Waals surface area contributed by atoms with E-state index in [-0.39, 0.29) is 6.10 Å². The minimum absolute atomic E-state index is 0.145. The van der Waals surface area contributed by atoms with Crippen LogP contribution in [0.3, 0.4) is 0 Å². The van der Waals surface area contributed by atoms with Gasteiger partial charge in [-0.3, -0.25) is 0 Å². The third-order valence-corrected chi connectivity index (χ3v) is 3.34. The van der Waals surface area contributed by atoms with Gasteiger partial charge in [-0.1, -0.05) is 33.1 Å². The maximum absolute atomic E-state index is 10.1. The number of hydrogen-bond donors (Lipinski definition) is 2. The molecule has 0 aromatic carbocycles. The van der Waals surface area contributed by atoms with Gasteiger partial charge in [0.2, 0.25) is 0 Å². The molecule has 84 valence electrons. The fraction of sp³-hybridized carbons (Fsp3) is 1.00. The summed E-state index contributed by atoms with van der Waals surface area (Å²) in [6.07, 6.45) is 7.17. The highest BCUT2D eigenvalue weighted by Gasteiger charge is 2.24. The van der Waals surface area contributed by atoms with Crippen molar-refractivity contribution in [2.75, 3.05) is 6.54 Å². The Morgan fingerprint density at radius 1 is 1.36 bits per heavy atom. The van der Waals surface area contributed by atoms with Crippen LogP contribution in [0.2, 0.25) is 0 Å². The molecular weight excluding hydrogens is 174 g/mol. The van der Waals surface area contributed by atoms with Gasteiger partial charge in [-0.2, -0.15) is 0 Å². The molecule has 2 heteroatoms. The molecule has 14 heavy (non-hydrogen) atoms. The molecule has 2 N–H and O–H groups in total. The van der Waals surface area contributed by atoms with E-state index in [4.69, 9.17) is 0 Å². The second kappa shape index (κ2) is 6.41. The first-order valence-corrected chi connectivity index (χ1v) is 6.17. The van der Waals surface area contributed by atoms with Crippen LogP contribution in [0.25, 0.3) is 0 Å². The number of aliphatic hydroxyl groups is 1. The van der Waals surface area contributed by atoms with Gasteiger partial charge in [-0.25, -0.2) is 0 Å². The van der Waals surface area contributed by atoms with Crippen molar-refractivity contribution in [3.63, 3.8) is 0 Å². The zero-order valence-corrected chi connectivity index (χ0v) is 9.63. The first-order chi connectivity index (χ1) is 6.75. The summed E-state index contributed by atoms with van der Waals surface area (Å²) in [5.74, 6) is 0.440. The van der Waals surface area contributed by atoms with Gasteiger partial charge in [-0.05, 0) is 31.7 Å². The minimum atomic E-state index is -0.145. The molecular formula is C12H25NO. The molecule has 1 aliphatic rings. The lowest BCUT2D eigenvalue weighted by molar-refractivity contribution is 0.0701. The van der Waals surface area contributed by atoms with E-state index in [2.05, 4.69) is 19.2 Å². The van der Waals surface area contributed by atoms with E-state index >= 15 is 0 Å². The standard InChI is InChI=1S/C12H25NO/c1-3-7-10(2)12(14)11-8-5-4-6-9-13-11/h10-14H,3-9H2,1-2H3. The van der Waals surface area contributed by atoms with E-state index < -0.39 is 0 Å². The topological polar surface area (TPSA) is 32.3 Å². The Bertz CT molecular complexity index is 141. The predicted octanol–water partition coefficient (Wildman–Crippen LogP) is 2.32. The first-order valence-electron chi connectivity index (χ1n) is 6.17. The molecule has 2 nitrogen and oxygen atoms in total. The Morgan fingerprint density at radius 2 is 2.14 bits per heavy atom. The Balaban J connectivity index is 2.36. The van der Waals surface area contributed by atoms with Crippen molar-refractivity contribution in [1.82, 2.24) is 5.32 Å². The van der Waals surface area contributed by atoms with E-state index in [1.165, 1.54) is 25.7 Å². The van der Waals surface area contributed by atoms with Crippen LogP contribution in [0.4, 0.5) is 0 Å². The van der Waals surface area contributed by atoms with Gasteiger partial charge in [0.1, 0.15) is 0 Å². The summed E-state index contributed by atoms with van der Waals surface area (Å²) in [5, 5.41) is 13.6. The highest BCUT2D eigenvalue weighted by Crippen LogP contribution is 2.19. The van der Waals surface area contributed by atoms with Crippen LogP contribution in [0.5, 0.6) is 0 Å². The Kier molecular flexibility index (Phi) is 5.49. The number of hydrogen-bond acceptors (Lipinski definition) is 2. The smallest absolute Gasteiger partial charge is 0.0718 e. The lowest BCUT2D eigenvalue weighted by atomic mass is 9.91. The molecule has 3 unspecified atom stereocenters. The fourth-order valence-electron chi connectivity index (χ4n) is 2.37. The number of nitrogens with one attached hydrogen (secondary N) is 1. The van der Waals surface area contributed by atoms with Crippen molar-refractivity contribution >= 4 is 0 Å². The summed E-state index contributed by atoms with van der Waals surface area (Å²) in [6, 6.07) is 0.346. The second-order valence-corrected chi connectivity index (χ2v) is 4.67. The Hall–Kier alpha value is -0.0800. The average molecular weight is 199 g/mol. The molecule has 0 aliphatic carbocycles. The second-order valence-electron chi connectivity index (χ2n) is 4.67. The number of rotatable bonds is 4. The Labute approximate surface area is 88.1 Å². The molecule has 1 heterocycles. The normalized spacial score (nSPS) is 28.1. The van der Waals surface area contributed by atoms with Crippen LogP contribution in [0, 0.1) is 5.92 Å². The van der Waals surface area contributed by atoms with Crippen molar-refractivity contribution in [3.8, 4) is 0 Å². The van der Waals surface area contributed by atoms with Crippen molar-refractivity contribution in [1.29, 1.82) is 0 Å². The van der Waals surface area contributed by atoms with Crippen molar-refractivity contribution in [2.45, 2.75) is 64.5 Å². The van der Waals surface area contributed by atoms with E-state index in [0.29, 0.717) is 12.0 Å². The van der Waals surface area contributed by atoms with Gasteiger partial charge < -0.3 is 10.4 Å². The van der Waals surface area contributed by atoms with Gasteiger partial charge in [0.15, 0.2) is 0 Å². The van der Waals surface area contributed by atoms with Crippen LogP contribution in [-0.2, 0) is 0 Å². The molecule has 1 saturated heterocycles. The van der Waals surface area contributed by atoms with Gasteiger partial charge in [-0.15, -0.1) is 0 Å². The third kappa shape index (κ3) is 3.58. The monoisotopic (exact) mass is 199 g/mol. The maximum atomic E-state index is 10.1. The van der Waals surface area contributed by atoms with E-state index in [9.17, 15) is 5.11 Å². The van der Waals surface area contributed by atoms with Crippen LogP contribution in [-0.4, -0.2) is 23.8 Å². The highest BCUT2D eigenvalue weighted by molar-refractivity contribution is 4.81. The minimum Gasteiger partial charge on any atom is -0.391 e. The zero-order valence-electron chi connectivity index (χ0n) is 9.63. The molecule has 0 aromatic rings. The van der Waals surface area contributed by atoms with Gasteiger partial charge in [0.05, 0.1) is 6.10 Å². The Morgan fingerprint density at radius 3 is 2.86 bits per heavy atom. The molecule has 0 spiro atoms. The molecule has 0 amide bonds. The molecule has 0 saturated carbocycles. The molecule has 3 atom stereocenters. The highest BCUT2D eigenvalue weighted by atomic mass is 16.3. The van der Waals surface area contributed by atoms with Crippen molar-refractivity contribution < 1.29 is 5.11 Å². The van der Waals surface area contributed by atoms with Crippen molar-refractivity contribution in [2.24, 2.45) is 5.92 Å².